The number of carbonyl (C=O) groups excluding carboxylic acids is 1. The van der Waals surface area contributed by atoms with E-state index in [1.807, 2.05) is 13.0 Å². The summed E-state index contributed by atoms with van der Waals surface area (Å²) in [5.74, 6) is 5.52. The van der Waals surface area contributed by atoms with Crippen LogP contribution in [-0.4, -0.2) is 38.5 Å². The fourth-order valence-electron chi connectivity index (χ4n) is 2.08. The normalized spacial score (nSPS) is 12.0. The SMILES string of the molecule is CC(c1ccncn1)N(C)C(=O)c1cccc(C#CC(C)(C)O)c1. The van der Waals surface area contributed by atoms with Crippen molar-refractivity contribution in [3.63, 3.8) is 0 Å². The average Bonchev–Trinajstić information content (AvgIpc) is 2.58. The largest absolute Gasteiger partial charge is 0.378 e. The minimum Gasteiger partial charge on any atom is -0.378 e. The first-order valence-electron chi connectivity index (χ1n) is 7.66. The molecule has 0 aliphatic rings. The number of amides is 1. The lowest BCUT2D eigenvalue weighted by atomic mass is 10.1. The van der Waals surface area contributed by atoms with Gasteiger partial charge < -0.3 is 10.0 Å². The number of hydrogen-bond donors (Lipinski definition) is 1. The van der Waals surface area contributed by atoms with Crippen LogP contribution in [0.2, 0.25) is 0 Å². The summed E-state index contributed by atoms with van der Waals surface area (Å²) in [4.78, 5) is 22.4. The van der Waals surface area contributed by atoms with Crippen LogP contribution in [0.1, 0.15) is 48.4 Å². The van der Waals surface area contributed by atoms with Crippen LogP contribution < -0.4 is 0 Å². The Hall–Kier alpha value is -2.71. The third-order valence-electron chi connectivity index (χ3n) is 3.56. The monoisotopic (exact) mass is 323 g/mol. The molecule has 5 nitrogen and oxygen atoms in total. The van der Waals surface area contributed by atoms with Gasteiger partial charge in [-0.3, -0.25) is 4.79 Å². The van der Waals surface area contributed by atoms with Crippen molar-refractivity contribution in [3.05, 3.63) is 59.7 Å². The van der Waals surface area contributed by atoms with E-state index in [9.17, 15) is 9.90 Å². The standard InChI is InChI=1S/C19H21N3O2/c1-14(17-9-11-20-13-21-17)22(4)18(23)16-7-5-6-15(12-16)8-10-19(2,3)24/h5-7,9,11-14,24H,1-4H3. The molecule has 0 aliphatic heterocycles. The van der Waals surface area contributed by atoms with Crippen molar-refractivity contribution in [2.45, 2.75) is 32.4 Å². The highest BCUT2D eigenvalue weighted by molar-refractivity contribution is 5.94. The fourth-order valence-corrected chi connectivity index (χ4v) is 2.08. The number of benzene rings is 1. The fraction of sp³-hybridized carbons (Fsp3) is 0.316. The van der Waals surface area contributed by atoms with Gasteiger partial charge in [-0.25, -0.2) is 9.97 Å². The first-order valence-corrected chi connectivity index (χ1v) is 7.66. The van der Waals surface area contributed by atoms with Gasteiger partial charge in [0, 0.05) is 24.4 Å². The van der Waals surface area contributed by atoms with Crippen molar-refractivity contribution in [1.29, 1.82) is 0 Å². The molecule has 24 heavy (non-hydrogen) atoms. The topological polar surface area (TPSA) is 66.3 Å². The summed E-state index contributed by atoms with van der Waals surface area (Å²) >= 11 is 0. The quantitative estimate of drug-likeness (QED) is 0.881. The lowest BCUT2D eigenvalue weighted by molar-refractivity contribution is 0.0739. The minimum atomic E-state index is -1.07. The molecule has 0 aliphatic carbocycles. The Morgan fingerprint density at radius 2 is 2.08 bits per heavy atom. The smallest absolute Gasteiger partial charge is 0.254 e. The molecule has 1 heterocycles. The summed E-state index contributed by atoms with van der Waals surface area (Å²) in [5.41, 5.74) is 0.934. The number of carbonyl (C=O) groups is 1. The molecular weight excluding hydrogens is 302 g/mol. The van der Waals surface area contributed by atoms with Crippen molar-refractivity contribution < 1.29 is 9.90 Å². The maximum absolute atomic E-state index is 12.7. The summed E-state index contributed by atoms with van der Waals surface area (Å²) in [5, 5.41) is 9.68. The summed E-state index contributed by atoms with van der Waals surface area (Å²) in [6.45, 7) is 5.15. The number of hydrogen-bond acceptors (Lipinski definition) is 4. The summed E-state index contributed by atoms with van der Waals surface area (Å²) in [7, 11) is 1.74. The predicted octanol–water partition coefficient (Wildman–Crippen LogP) is 2.43. The van der Waals surface area contributed by atoms with Crippen LogP contribution in [0.25, 0.3) is 0 Å². The molecule has 2 aromatic rings. The van der Waals surface area contributed by atoms with E-state index in [0.29, 0.717) is 11.1 Å². The zero-order valence-corrected chi connectivity index (χ0v) is 14.3. The molecule has 1 aromatic heterocycles. The van der Waals surface area contributed by atoms with Crippen LogP contribution in [0, 0.1) is 11.8 Å². The van der Waals surface area contributed by atoms with Crippen LogP contribution in [0.5, 0.6) is 0 Å². The number of rotatable bonds is 3. The van der Waals surface area contributed by atoms with Crippen LogP contribution in [0.3, 0.4) is 0 Å². The third-order valence-corrected chi connectivity index (χ3v) is 3.56. The second-order valence-corrected chi connectivity index (χ2v) is 6.12. The van der Waals surface area contributed by atoms with E-state index in [-0.39, 0.29) is 11.9 Å². The molecule has 0 bridgehead atoms. The van der Waals surface area contributed by atoms with Crippen LogP contribution in [-0.2, 0) is 0 Å². The Bertz CT molecular complexity index is 770. The van der Waals surface area contributed by atoms with Gasteiger partial charge in [0.05, 0.1) is 11.7 Å². The maximum atomic E-state index is 12.7. The van der Waals surface area contributed by atoms with Gasteiger partial charge in [-0.1, -0.05) is 17.9 Å². The number of aromatic nitrogens is 2. The molecule has 1 aromatic carbocycles. The highest BCUT2D eigenvalue weighted by Crippen LogP contribution is 2.18. The van der Waals surface area contributed by atoms with Crippen LogP contribution in [0.15, 0.2) is 42.9 Å². The first-order chi connectivity index (χ1) is 11.3. The summed E-state index contributed by atoms with van der Waals surface area (Å²) in [6, 6.07) is 8.69. The van der Waals surface area contributed by atoms with E-state index in [2.05, 4.69) is 21.8 Å². The van der Waals surface area contributed by atoms with E-state index >= 15 is 0 Å². The molecule has 0 saturated carbocycles. The molecule has 2 rings (SSSR count). The molecule has 0 spiro atoms. The Morgan fingerprint density at radius 3 is 2.71 bits per heavy atom. The Balaban J connectivity index is 2.21. The van der Waals surface area contributed by atoms with Gasteiger partial charge in [-0.05, 0) is 45.0 Å². The van der Waals surface area contributed by atoms with E-state index in [0.717, 1.165) is 5.69 Å². The van der Waals surface area contributed by atoms with Gasteiger partial charge in [0.25, 0.3) is 5.91 Å². The van der Waals surface area contributed by atoms with E-state index in [1.165, 1.54) is 6.33 Å². The second-order valence-electron chi connectivity index (χ2n) is 6.12. The molecule has 5 heteroatoms. The van der Waals surface area contributed by atoms with Crippen molar-refractivity contribution in [3.8, 4) is 11.8 Å². The molecule has 1 atom stereocenters. The third kappa shape index (κ3) is 4.64. The zero-order chi connectivity index (χ0) is 17.7. The van der Waals surface area contributed by atoms with Gasteiger partial charge in [0.15, 0.2) is 0 Å². The predicted molar refractivity (Wildman–Crippen MR) is 92.2 cm³/mol. The summed E-state index contributed by atoms with van der Waals surface area (Å²) < 4.78 is 0. The van der Waals surface area contributed by atoms with E-state index < -0.39 is 5.60 Å². The van der Waals surface area contributed by atoms with Gasteiger partial charge in [0.1, 0.15) is 11.9 Å². The number of nitrogens with zero attached hydrogens (tertiary/aromatic N) is 3. The Morgan fingerprint density at radius 1 is 1.33 bits per heavy atom. The van der Waals surface area contributed by atoms with Crippen molar-refractivity contribution in [2.24, 2.45) is 0 Å². The van der Waals surface area contributed by atoms with Gasteiger partial charge in [0.2, 0.25) is 0 Å². The van der Waals surface area contributed by atoms with Gasteiger partial charge in [-0.15, -0.1) is 0 Å². The highest BCUT2D eigenvalue weighted by Gasteiger charge is 2.19. The minimum absolute atomic E-state index is 0.118. The molecular formula is C19H21N3O2. The molecule has 0 radical (unpaired) electrons. The van der Waals surface area contributed by atoms with Crippen molar-refractivity contribution >= 4 is 5.91 Å². The lowest BCUT2D eigenvalue weighted by Crippen LogP contribution is -2.30. The van der Waals surface area contributed by atoms with Crippen LogP contribution >= 0.6 is 0 Å². The molecule has 0 fully saturated rings. The molecule has 1 N–H and O–H groups in total. The maximum Gasteiger partial charge on any atom is 0.254 e. The van der Waals surface area contributed by atoms with Crippen LogP contribution in [0.4, 0.5) is 0 Å². The zero-order valence-electron chi connectivity index (χ0n) is 14.3. The van der Waals surface area contributed by atoms with Gasteiger partial charge in [-0.2, -0.15) is 0 Å². The number of aliphatic hydroxyl groups is 1. The van der Waals surface area contributed by atoms with E-state index in [1.54, 1.807) is 56.3 Å². The van der Waals surface area contributed by atoms with Crippen molar-refractivity contribution in [1.82, 2.24) is 14.9 Å². The highest BCUT2D eigenvalue weighted by atomic mass is 16.3. The molecule has 0 saturated heterocycles. The Kier molecular flexibility index (Phi) is 5.32. The van der Waals surface area contributed by atoms with Gasteiger partial charge >= 0.3 is 0 Å². The summed E-state index contributed by atoms with van der Waals surface area (Å²) in [6.07, 6.45) is 3.13. The average molecular weight is 323 g/mol. The Labute approximate surface area is 142 Å². The van der Waals surface area contributed by atoms with Crippen molar-refractivity contribution in [2.75, 3.05) is 7.05 Å². The lowest BCUT2D eigenvalue weighted by Gasteiger charge is -2.24. The first kappa shape index (κ1) is 17.6. The molecule has 1 amide bonds. The molecule has 1 unspecified atom stereocenters. The second kappa shape index (κ2) is 7.24. The molecule has 124 valence electrons. The van der Waals surface area contributed by atoms with E-state index in [4.69, 9.17) is 0 Å².